The number of carbonyl (C=O) groups is 1. The lowest BCUT2D eigenvalue weighted by atomic mass is 9.60. The Bertz CT molecular complexity index is 900. The zero-order valence-corrected chi connectivity index (χ0v) is 14.4. The van der Waals surface area contributed by atoms with Crippen molar-refractivity contribution in [3.63, 3.8) is 0 Å². The maximum absolute atomic E-state index is 12.9. The summed E-state index contributed by atoms with van der Waals surface area (Å²) in [6.45, 7) is 0. The molecule has 5 atom stereocenters. The topological polar surface area (TPSA) is 116 Å². The zero-order chi connectivity index (χ0) is 19.0. The molecular formula is C20H20O7. The Morgan fingerprint density at radius 3 is 2.22 bits per heavy atom. The molecule has 1 spiro atoms. The van der Waals surface area contributed by atoms with Gasteiger partial charge in [0, 0.05) is 12.3 Å². The first-order valence-electron chi connectivity index (χ1n) is 9.08. The van der Waals surface area contributed by atoms with Crippen LogP contribution in [-0.2, 0) is 4.79 Å². The van der Waals surface area contributed by atoms with Gasteiger partial charge in [0.1, 0.15) is 11.5 Å². The molecule has 0 radical (unpaired) electrons. The van der Waals surface area contributed by atoms with E-state index in [1.54, 1.807) is 24.3 Å². The summed E-state index contributed by atoms with van der Waals surface area (Å²) in [6, 6.07) is 10.6. The van der Waals surface area contributed by atoms with Gasteiger partial charge in [0.15, 0.2) is 11.9 Å². The van der Waals surface area contributed by atoms with Crippen LogP contribution in [0.5, 0.6) is 11.5 Å². The van der Waals surface area contributed by atoms with Crippen LogP contribution >= 0.6 is 0 Å². The van der Waals surface area contributed by atoms with Crippen molar-refractivity contribution in [2.75, 3.05) is 0 Å². The number of benzene rings is 2. The van der Waals surface area contributed by atoms with Crippen molar-refractivity contribution in [2.45, 2.75) is 49.0 Å². The van der Waals surface area contributed by atoms with Crippen LogP contribution in [-0.4, -0.2) is 55.9 Å². The standard InChI is InChI=1S/C20H20O7/c21-12-7-8-16(23)19(25)11(12)9-13(22)18(24)20(19)26-14-5-1-3-10-4-2-6-15(27-20)17(10)14/h1-6,11-13,18,21-22,24-25H,7-9H2/t11-,12-,13-,18-,19+/m0/s1. The van der Waals surface area contributed by atoms with Crippen LogP contribution in [0.15, 0.2) is 36.4 Å². The second-order valence-electron chi connectivity index (χ2n) is 7.63. The number of ketones is 1. The van der Waals surface area contributed by atoms with E-state index >= 15 is 0 Å². The molecule has 2 fully saturated rings. The number of aliphatic hydroxyl groups is 4. The minimum Gasteiger partial charge on any atom is -0.446 e. The first kappa shape index (κ1) is 16.9. The summed E-state index contributed by atoms with van der Waals surface area (Å²) >= 11 is 0. The molecular weight excluding hydrogens is 352 g/mol. The fourth-order valence-electron chi connectivity index (χ4n) is 4.87. The van der Waals surface area contributed by atoms with Gasteiger partial charge in [-0.3, -0.25) is 4.79 Å². The van der Waals surface area contributed by atoms with Crippen molar-refractivity contribution in [1.29, 1.82) is 0 Å². The summed E-state index contributed by atoms with van der Waals surface area (Å²) in [7, 11) is 0. The molecule has 4 N–H and O–H groups in total. The van der Waals surface area contributed by atoms with Crippen molar-refractivity contribution in [3.05, 3.63) is 36.4 Å². The summed E-state index contributed by atoms with van der Waals surface area (Å²) in [5.41, 5.74) is -2.29. The van der Waals surface area contributed by atoms with Gasteiger partial charge in [-0.2, -0.15) is 0 Å². The normalized spacial score (nSPS) is 36.8. The van der Waals surface area contributed by atoms with Crippen LogP contribution in [0.25, 0.3) is 10.8 Å². The fraction of sp³-hybridized carbons (Fsp3) is 0.450. The predicted molar refractivity (Wildman–Crippen MR) is 93.3 cm³/mol. The summed E-state index contributed by atoms with van der Waals surface area (Å²) in [5, 5.41) is 44.8. The largest absolute Gasteiger partial charge is 0.446 e. The molecule has 0 amide bonds. The van der Waals surface area contributed by atoms with Crippen LogP contribution in [0.1, 0.15) is 19.3 Å². The lowest BCUT2D eigenvalue weighted by Crippen LogP contribution is -2.81. The maximum atomic E-state index is 12.9. The molecule has 142 valence electrons. The van der Waals surface area contributed by atoms with Crippen molar-refractivity contribution in [1.82, 2.24) is 0 Å². The summed E-state index contributed by atoms with van der Waals surface area (Å²) < 4.78 is 12.0. The molecule has 7 nitrogen and oxygen atoms in total. The van der Waals surface area contributed by atoms with E-state index in [-0.39, 0.29) is 19.3 Å². The first-order valence-corrected chi connectivity index (χ1v) is 9.08. The number of hydrogen-bond donors (Lipinski definition) is 4. The van der Waals surface area contributed by atoms with E-state index in [1.165, 1.54) is 0 Å². The van der Waals surface area contributed by atoms with Gasteiger partial charge < -0.3 is 29.9 Å². The van der Waals surface area contributed by atoms with Crippen LogP contribution in [0.3, 0.4) is 0 Å². The van der Waals surface area contributed by atoms with E-state index < -0.39 is 41.4 Å². The van der Waals surface area contributed by atoms with Crippen molar-refractivity contribution in [3.8, 4) is 11.5 Å². The molecule has 1 heterocycles. The Labute approximate surface area is 154 Å². The highest BCUT2D eigenvalue weighted by atomic mass is 16.7. The predicted octanol–water partition coefficient (Wildman–Crippen LogP) is 0.504. The van der Waals surface area contributed by atoms with Gasteiger partial charge in [-0.05, 0) is 30.4 Å². The Morgan fingerprint density at radius 1 is 0.963 bits per heavy atom. The highest BCUT2D eigenvalue weighted by Gasteiger charge is 2.74. The molecule has 3 aliphatic rings. The Morgan fingerprint density at radius 2 is 1.59 bits per heavy atom. The van der Waals surface area contributed by atoms with E-state index in [1.807, 2.05) is 12.1 Å². The van der Waals surface area contributed by atoms with Gasteiger partial charge in [-0.1, -0.05) is 24.3 Å². The molecule has 0 saturated heterocycles. The number of aliphatic hydroxyl groups excluding tert-OH is 3. The number of fused-ring (bicyclic) bond motifs is 2. The molecule has 2 aromatic rings. The highest BCUT2D eigenvalue weighted by Crippen LogP contribution is 2.54. The molecule has 1 aliphatic heterocycles. The zero-order valence-electron chi connectivity index (χ0n) is 14.4. The quantitative estimate of drug-likeness (QED) is 0.532. The number of Topliss-reactive ketones (excluding diaryl/α,β-unsaturated/α-hetero) is 1. The van der Waals surface area contributed by atoms with Crippen LogP contribution in [0.2, 0.25) is 0 Å². The molecule has 2 aliphatic carbocycles. The van der Waals surface area contributed by atoms with E-state index in [4.69, 9.17) is 9.47 Å². The Hall–Kier alpha value is -2.19. The van der Waals surface area contributed by atoms with E-state index in [9.17, 15) is 25.2 Å². The van der Waals surface area contributed by atoms with Crippen LogP contribution < -0.4 is 9.47 Å². The van der Waals surface area contributed by atoms with Crippen molar-refractivity contribution in [2.24, 2.45) is 5.92 Å². The monoisotopic (exact) mass is 372 g/mol. The summed E-state index contributed by atoms with van der Waals surface area (Å²) in [6.07, 6.45) is -4.07. The second-order valence-corrected chi connectivity index (χ2v) is 7.63. The van der Waals surface area contributed by atoms with Gasteiger partial charge >= 0.3 is 5.79 Å². The first-order chi connectivity index (χ1) is 12.9. The van der Waals surface area contributed by atoms with Crippen LogP contribution in [0.4, 0.5) is 0 Å². The average Bonchev–Trinajstić information content (AvgIpc) is 2.66. The molecule has 0 bridgehead atoms. The fourth-order valence-corrected chi connectivity index (χ4v) is 4.87. The Balaban J connectivity index is 1.75. The molecule has 2 saturated carbocycles. The van der Waals surface area contributed by atoms with Gasteiger partial charge in [0.2, 0.25) is 5.60 Å². The van der Waals surface area contributed by atoms with Gasteiger partial charge in [0.25, 0.3) is 0 Å². The number of carbonyl (C=O) groups excluding carboxylic acids is 1. The van der Waals surface area contributed by atoms with Crippen molar-refractivity contribution >= 4 is 16.6 Å². The van der Waals surface area contributed by atoms with Gasteiger partial charge in [-0.15, -0.1) is 0 Å². The smallest absolute Gasteiger partial charge is 0.316 e. The number of ether oxygens (including phenoxy) is 2. The number of hydrogen-bond acceptors (Lipinski definition) is 7. The average molecular weight is 372 g/mol. The molecule has 5 rings (SSSR count). The molecule has 2 aromatic carbocycles. The third-order valence-electron chi connectivity index (χ3n) is 6.23. The molecule has 0 aromatic heterocycles. The van der Waals surface area contributed by atoms with Crippen molar-refractivity contribution < 1.29 is 34.7 Å². The lowest BCUT2D eigenvalue weighted by molar-refractivity contribution is -0.335. The number of rotatable bonds is 0. The third-order valence-corrected chi connectivity index (χ3v) is 6.23. The summed E-state index contributed by atoms with van der Waals surface area (Å²) in [5.74, 6) is -3.15. The van der Waals surface area contributed by atoms with Gasteiger partial charge in [0.05, 0.1) is 17.6 Å². The van der Waals surface area contributed by atoms with E-state index in [2.05, 4.69) is 0 Å². The molecule has 0 unspecified atom stereocenters. The van der Waals surface area contributed by atoms with Gasteiger partial charge in [-0.25, -0.2) is 0 Å². The van der Waals surface area contributed by atoms with Crippen LogP contribution in [0, 0.1) is 5.92 Å². The lowest BCUT2D eigenvalue weighted by Gasteiger charge is -2.58. The third kappa shape index (κ3) is 1.97. The van der Waals surface area contributed by atoms with E-state index in [0.29, 0.717) is 16.9 Å². The molecule has 27 heavy (non-hydrogen) atoms. The second kappa shape index (κ2) is 5.42. The van der Waals surface area contributed by atoms with E-state index in [0.717, 1.165) is 5.39 Å². The SMILES string of the molecule is O=C1CC[C@H](O)[C@@H]2C[C@H](O)[C@H](O)C3(Oc4cccc5cccc(c45)O3)[C@]12O. The minimum atomic E-state index is -2.29. The maximum Gasteiger partial charge on any atom is 0.316 e. The minimum absolute atomic E-state index is 0.0721. The Kier molecular flexibility index (Phi) is 3.40. The highest BCUT2D eigenvalue weighted by molar-refractivity contribution is 5.95. The summed E-state index contributed by atoms with van der Waals surface area (Å²) in [4.78, 5) is 12.9. The molecule has 7 heteroatoms.